The van der Waals surface area contributed by atoms with Crippen molar-refractivity contribution >= 4 is 29.9 Å². The molecule has 0 aliphatic carbocycles. The Morgan fingerprint density at radius 1 is 1.29 bits per heavy atom. The molecular formula is C18H28IN3O2. The van der Waals surface area contributed by atoms with Crippen LogP contribution in [-0.4, -0.2) is 49.2 Å². The van der Waals surface area contributed by atoms with Gasteiger partial charge < -0.3 is 19.4 Å². The summed E-state index contributed by atoms with van der Waals surface area (Å²) in [7, 11) is 0. The van der Waals surface area contributed by atoms with Crippen molar-refractivity contribution in [1.82, 2.24) is 10.2 Å². The fourth-order valence-electron chi connectivity index (χ4n) is 4.37. The number of aliphatic imine (C=N–C) groups is 1. The van der Waals surface area contributed by atoms with Crippen LogP contribution >= 0.6 is 24.0 Å². The molecule has 6 heteroatoms. The molecular weight excluding hydrogens is 417 g/mol. The molecule has 0 saturated carbocycles. The molecule has 4 unspecified atom stereocenters. The highest BCUT2D eigenvalue weighted by Crippen LogP contribution is 2.47. The Balaban J connectivity index is 0.00000169. The zero-order valence-electron chi connectivity index (χ0n) is 14.3. The van der Waals surface area contributed by atoms with Crippen molar-refractivity contribution in [3.63, 3.8) is 0 Å². The second-order valence-corrected chi connectivity index (χ2v) is 6.98. The molecule has 3 aliphatic rings. The molecule has 4 rings (SSSR count). The molecule has 5 nitrogen and oxygen atoms in total. The van der Waals surface area contributed by atoms with Crippen LogP contribution in [0.25, 0.3) is 0 Å². The van der Waals surface area contributed by atoms with E-state index in [1.165, 1.54) is 12.8 Å². The van der Waals surface area contributed by atoms with Crippen LogP contribution in [0.2, 0.25) is 0 Å². The summed E-state index contributed by atoms with van der Waals surface area (Å²) in [6.45, 7) is 6.13. The van der Waals surface area contributed by atoms with Gasteiger partial charge in [-0.15, -0.1) is 24.0 Å². The third-order valence-corrected chi connectivity index (χ3v) is 5.47. The smallest absolute Gasteiger partial charge is 0.193 e. The lowest BCUT2D eigenvalue weighted by Gasteiger charge is -2.23. The molecule has 2 bridgehead atoms. The maximum absolute atomic E-state index is 6.08. The van der Waals surface area contributed by atoms with E-state index >= 15 is 0 Å². The van der Waals surface area contributed by atoms with Gasteiger partial charge in [-0.1, -0.05) is 6.92 Å². The van der Waals surface area contributed by atoms with E-state index in [2.05, 4.69) is 17.1 Å². The van der Waals surface area contributed by atoms with Crippen LogP contribution < -0.4 is 5.32 Å². The summed E-state index contributed by atoms with van der Waals surface area (Å²) in [4.78, 5) is 7.26. The molecule has 134 valence electrons. The Labute approximate surface area is 161 Å². The van der Waals surface area contributed by atoms with E-state index in [0.29, 0.717) is 24.0 Å². The highest BCUT2D eigenvalue weighted by Gasteiger charge is 2.53. The molecule has 1 N–H and O–H groups in total. The van der Waals surface area contributed by atoms with Gasteiger partial charge in [0.05, 0.1) is 18.5 Å². The molecule has 0 aromatic carbocycles. The third kappa shape index (κ3) is 3.59. The highest BCUT2D eigenvalue weighted by molar-refractivity contribution is 14.0. The standard InChI is InChI=1S/C18H27N3O2.HI/c1-2-8-19-18(20-9-7-13-4-3-10-22-13)21-11-14-15(12-21)17-6-5-16(14)23-17;/h3-4,10,14-17H,2,5-9,11-12H2,1H3,(H,19,20);1H. The van der Waals surface area contributed by atoms with Crippen molar-refractivity contribution in [3.8, 4) is 0 Å². The van der Waals surface area contributed by atoms with Gasteiger partial charge in [0.15, 0.2) is 5.96 Å². The van der Waals surface area contributed by atoms with Gasteiger partial charge in [-0.05, 0) is 31.4 Å². The monoisotopic (exact) mass is 445 g/mol. The molecule has 3 fully saturated rings. The SMILES string of the molecule is CCCN=C(NCCc1ccco1)N1CC2C3CCC(O3)C2C1.I. The van der Waals surface area contributed by atoms with Crippen LogP contribution in [0, 0.1) is 11.8 Å². The van der Waals surface area contributed by atoms with Crippen LogP contribution in [0.1, 0.15) is 31.9 Å². The predicted molar refractivity (Wildman–Crippen MR) is 105 cm³/mol. The van der Waals surface area contributed by atoms with E-state index in [-0.39, 0.29) is 24.0 Å². The van der Waals surface area contributed by atoms with Crippen molar-refractivity contribution < 1.29 is 9.15 Å². The quantitative estimate of drug-likeness (QED) is 0.430. The van der Waals surface area contributed by atoms with Crippen molar-refractivity contribution in [1.29, 1.82) is 0 Å². The maximum Gasteiger partial charge on any atom is 0.193 e. The number of nitrogens with zero attached hydrogens (tertiary/aromatic N) is 2. The van der Waals surface area contributed by atoms with E-state index in [0.717, 1.165) is 50.7 Å². The Morgan fingerprint density at radius 3 is 2.67 bits per heavy atom. The van der Waals surface area contributed by atoms with E-state index in [9.17, 15) is 0 Å². The Hall–Kier alpha value is -0.760. The number of fused-ring (bicyclic) bond motifs is 5. The van der Waals surface area contributed by atoms with E-state index in [1.807, 2.05) is 12.1 Å². The summed E-state index contributed by atoms with van der Waals surface area (Å²) < 4.78 is 11.5. The van der Waals surface area contributed by atoms with Crippen molar-refractivity contribution in [3.05, 3.63) is 24.2 Å². The Morgan fingerprint density at radius 2 is 2.04 bits per heavy atom. The molecule has 0 spiro atoms. The summed E-state index contributed by atoms with van der Waals surface area (Å²) in [5.41, 5.74) is 0. The summed E-state index contributed by atoms with van der Waals surface area (Å²) in [6, 6.07) is 3.97. The van der Waals surface area contributed by atoms with Crippen LogP contribution in [0.5, 0.6) is 0 Å². The van der Waals surface area contributed by atoms with Gasteiger partial charge >= 0.3 is 0 Å². The minimum Gasteiger partial charge on any atom is -0.469 e. The largest absolute Gasteiger partial charge is 0.469 e. The Bertz CT molecular complexity index is 530. The molecule has 1 aromatic heterocycles. The fraction of sp³-hybridized carbons (Fsp3) is 0.722. The lowest BCUT2D eigenvalue weighted by molar-refractivity contribution is 0.0767. The van der Waals surface area contributed by atoms with Crippen LogP contribution in [0.15, 0.2) is 27.8 Å². The molecule has 0 amide bonds. The van der Waals surface area contributed by atoms with Gasteiger partial charge in [0.2, 0.25) is 0 Å². The molecule has 0 radical (unpaired) electrons. The summed E-state index contributed by atoms with van der Waals surface area (Å²) in [5, 5.41) is 3.55. The average molecular weight is 445 g/mol. The van der Waals surface area contributed by atoms with Crippen molar-refractivity contribution in [2.24, 2.45) is 16.8 Å². The number of hydrogen-bond acceptors (Lipinski definition) is 3. The van der Waals surface area contributed by atoms with Gasteiger partial charge in [0.25, 0.3) is 0 Å². The molecule has 4 heterocycles. The number of halogens is 1. The van der Waals surface area contributed by atoms with Gasteiger partial charge in [-0.25, -0.2) is 0 Å². The topological polar surface area (TPSA) is 50.0 Å². The van der Waals surface area contributed by atoms with Gasteiger partial charge in [0, 0.05) is 44.4 Å². The van der Waals surface area contributed by atoms with E-state index in [4.69, 9.17) is 14.1 Å². The maximum atomic E-state index is 6.08. The number of nitrogens with one attached hydrogen (secondary N) is 1. The zero-order chi connectivity index (χ0) is 15.6. The van der Waals surface area contributed by atoms with E-state index < -0.39 is 0 Å². The summed E-state index contributed by atoms with van der Waals surface area (Å²) >= 11 is 0. The molecule has 24 heavy (non-hydrogen) atoms. The Kier molecular flexibility index (Phi) is 6.07. The minimum atomic E-state index is 0. The second-order valence-electron chi connectivity index (χ2n) is 6.98. The van der Waals surface area contributed by atoms with Gasteiger partial charge in [0.1, 0.15) is 5.76 Å². The van der Waals surface area contributed by atoms with Gasteiger partial charge in [-0.2, -0.15) is 0 Å². The van der Waals surface area contributed by atoms with Crippen molar-refractivity contribution in [2.75, 3.05) is 26.2 Å². The highest BCUT2D eigenvalue weighted by atomic mass is 127. The van der Waals surface area contributed by atoms with Crippen LogP contribution in [0.4, 0.5) is 0 Å². The molecule has 3 saturated heterocycles. The molecule has 1 aromatic rings. The molecule has 3 aliphatic heterocycles. The van der Waals surface area contributed by atoms with E-state index in [1.54, 1.807) is 6.26 Å². The lowest BCUT2D eigenvalue weighted by Crippen LogP contribution is -2.42. The fourth-order valence-corrected chi connectivity index (χ4v) is 4.37. The number of rotatable bonds is 5. The third-order valence-electron chi connectivity index (χ3n) is 5.47. The molecule has 4 atom stereocenters. The number of furan rings is 1. The normalized spacial score (nSPS) is 31.2. The van der Waals surface area contributed by atoms with Gasteiger partial charge in [-0.3, -0.25) is 4.99 Å². The summed E-state index contributed by atoms with van der Waals surface area (Å²) in [6.07, 6.45) is 7.24. The van der Waals surface area contributed by atoms with Crippen LogP contribution in [0.3, 0.4) is 0 Å². The van der Waals surface area contributed by atoms with Crippen LogP contribution in [-0.2, 0) is 11.2 Å². The van der Waals surface area contributed by atoms with Crippen molar-refractivity contribution in [2.45, 2.75) is 44.8 Å². The summed E-state index contributed by atoms with van der Waals surface area (Å²) in [5.74, 6) is 3.53. The average Bonchev–Trinajstić information content (AvgIpc) is 3.33. The first-order valence-electron chi connectivity index (χ1n) is 9.06. The second kappa shape index (κ2) is 8.08. The predicted octanol–water partition coefficient (Wildman–Crippen LogP) is 2.90. The minimum absolute atomic E-state index is 0. The first-order valence-corrected chi connectivity index (χ1v) is 9.06. The zero-order valence-corrected chi connectivity index (χ0v) is 16.6. The lowest BCUT2D eigenvalue weighted by atomic mass is 9.82. The first kappa shape index (κ1) is 18.0. The number of hydrogen-bond donors (Lipinski definition) is 1. The first-order chi connectivity index (χ1) is 11.3. The number of guanidine groups is 1. The number of likely N-dealkylation sites (tertiary alicyclic amines) is 1. The number of ether oxygens (including phenoxy) is 1.